The number of carbonyl (C=O) groups excluding carboxylic acids is 1. The van der Waals surface area contributed by atoms with Crippen LogP contribution in [0.25, 0.3) is 0 Å². The third-order valence-corrected chi connectivity index (χ3v) is 2.59. The van der Waals surface area contributed by atoms with Gasteiger partial charge in [-0.1, -0.05) is 6.92 Å². The first-order valence-corrected chi connectivity index (χ1v) is 5.17. The average molecular weight is 195 g/mol. The Balaban J connectivity index is 2.98. The lowest BCUT2D eigenvalue weighted by molar-refractivity contribution is 0.101. The molecule has 0 saturated heterocycles. The van der Waals surface area contributed by atoms with Gasteiger partial charge in [-0.05, 0) is 30.9 Å². The minimum atomic E-state index is 0.0190. The summed E-state index contributed by atoms with van der Waals surface area (Å²) >= 11 is 1.72. The minimum absolute atomic E-state index is 0.0190. The van der Waals surface area contributed by atoms with Gasteiger partial charge in [-0.25, -0.2) is 0 Å². The summed E-state index contributed by atoms with van der Waals surface area (Å²) in [6.45, 7) is 3.61. The van der Waals surface area contributed by atoms with Crippen molar-refractivity contribution in [3.8, 4) is 0 Å². The van der Waals surface area contributed by atoms with E-state index in [0.29, 0.717) is 11.3 Å². The zero-order valence-electron chi connectivity index (χ0n) is 7.83. The summed E-state index contributed by atoms with van der Waals surface area (Å²) in [6, 6.07) is 5.57. The van der Waals surface area contributed by atoms with Crippen LogP contribution in [0, 0.1) is 0 Å². The molecule has 1 aromatic carbocycles. The van der Waals surface area contributed by atoms with E-state index < -0.39 is 0 Å². The summed E-state index contributed by atoms with van der Waals surface area (Å²) in [4.78, 5) is 12.2. The Kier molecular flexibility index (Phi) is 3.37. The number of ketones is 1. The highest BCUT2D eigenvalue weighted by atomic mass is 32.2. The Morgan fingerprint density at radius 2 is 2.23 bits per heavy atom. The molecule has 0 fully saturated rings. The molecule has 0 heterocycles. The molecule has 1 rings (SSSR count). The van der Waals surface area contributed by atoms with Crippen molar-refractivity contribution in [2.45, 2.75) is 18.7 Å². The largest absolute Gasteiger partial charge is 0.398 e. The second kappa shape index (κ2) is 4.33. The van der Waals surface area contributed by atoms with Crippen LogP contribution in [0.4, 0.5) is 5.69 Å². The molecule has 0 aliphatic heterocycles. The number of nitrogens with two attached hydrogens (primary N) is 1. The molecule has 0 spiro atoms. The zero-order chi connectivity index (χ0) is 9.84. The monoisotopic (exact) mass is 195 g/mol. The fraction of sp³-hybridized carbons (Fsp3) is 0.300. The lowest BCUT2D eigenvalue weighted by atomic mass is 10.1. The molecule has 2 nitrogen and oxygen atoms in total. The van der Waals surface area contributed by atoms with Crippen LogP contribution in [0.15, 0.2) is 23.1 Å². The van der Waals surface area contributed by atoms with E-state index in [9.17, 15) is 4.79 Å². The van der Waals surface area contributed by atoms with Crippen molar-refractivity contribution in [2.75, 3.05) is 11.5 Å². The number of benzene rings is 1. The van der Waals surface area contributed by atoms with Crippen molar-refractivity contribution in [3.63, 3.8) is 0 Å². The summed E-state index contributed by atoms with van der Waals surface area (Å²) in [5, 5.41) is 0. The first-order valence-electron chi connectivity index (χ1n) is 4.18. The smallest absolute Gasteiger partial charge is 0.161 e. The topological polar surface area (TPSA) is 43.1 Å². The number of anilines is 1. The van der Waals surface area contributed by atoms with Crippen LogP contribution in [0.3, 0.4) is 0 Å². The third kappa shape index (κ3) is 2.49. The van der Waals surface area contributed by atoms with Crippen molar-refractivity contribution in [1.29, 1.82) is 0 Å². The van der Waals surface area contributed by atoms with Gasteiger partial charge in [-0.3, -0.25) is 4.79 Å². The van der Waals surface area contributed by atoms with Gasteiger partial charge in [0.15, 0.2) is 5.78 Å². The van der Waals surface area contributed by atoms with Crippen LogP contribution in [0.2, 0.25) is 0 Å². The average Bonchev–Trinajstić information content (AvgIpc) is 2.04. The molecule has 0 unspecified atom stereocenters. The molecule has 0 amide bonds. The standard InChI is InChI=1S/C10H13NOS/c1-3-13-8-4-5-9(7(2)12)10(11)6-8/h4-6H,3,11H2,1-2H3. The van der Waals surface area contributed by atoms with Gasteiger partial charge in [-0.15, -0.1) is 11.8 Å². The van der Waals surface area contributed by atoms with Gasteiger partial charge in [0, 0.05) is 16.1 Å². The third-order valence-electron chi connectivity index (χ3n) is 1.71. The number of thioether (sulfide) groups is 1. The molecule has 0 aliphatic carbocycles. The van der Waals surface area contributed by atoms with Gasteiger partial charge in [0.05, 0.1) is 0 Å². The lowest BCUT2D eigenvalue weighted by Gasteiger charge is -2.04. The highest BCUT2D eigenvalue weighted by Crippen LogP contribution is 2.22. The summed E-state index contributed by atoms with van der Waals surface area (Å²) < 4.78 is 0. The molecule has 3 heteroatoms. The summed E-state index contributed by atoms with van der Waals surface area (Å²) in [7, 11) is 0. The van der Waals surface area contributed by atoms with Crippen LogP contribution < -0.4 is 5.73 Å². The van der Waals surface area contributed by atoms with Gasteiger partial charge in [-0.2, -0.15) is 0 Å². The van der Waals surface area contributed by atoms with Crippen LogP contribution in [0.5, 0.6) is 0 Å². The Morgan fingerprint density at radius 3 is 2.69 bits per heavy atom. The molecule has 1 aromatic rings. The van der Waals surface area contributed by atoms with Crippen LogP contribution >= 0.6 is 11.8 Å². The van der Waals surface area contributed by atoms with E-state index in [4.69, 9.17) is 5.73 Å². The molecule has 0 radical (unpaired) electrons. The molecule has 0 aliphatic rings. The fourth-order valence-corrected chi connectivity index (χ4v) is 1.83. The van der Waals surface area contributed by atoms with Gasteiger partial charge in [0.1, 0.15) is 0 Å². The number of carbonyl (C=O) groups is 1. The molecular formula is C10H13NOS. The van der Waals surface area contributed by atoms with Gasteiger partial charge >= 0.3 is 0 Å². The predicted molar refractivity (Wildman–Crippen MR) is 57.3 cm³/mol. The van der Waals surface area contributed by atoms with Gasteiger partial charge in [0.25, 0.3) is 0 Å². The van der Waals surface area contributed by atoms with E-state index in [2.05, 4.69) is 6.92 Å². The first-order chi connectivity index (χ1) is 6.15. The van der Waals surface area contributed by atoms with E-state index in [-0.39, 0.29) is 5.78 Å². The molecule has 0 saturated carbocycles. The Hall–Kier alpha value is -0.960. The Bertz CT molecular complexity index is 323. The van der Waals surface area contributed by atoms with Crippen molar-refractivity contribution in [2.24, 2.45) is 0 Å². The van der Waals surface area contributed by atoms with Crippen LogP contribution in [-0.2, 0) is 0 Å². The number of nitrogen functional groups attached to an aromatic ring is 1. The first kappa shape index (κ1) is 10.1. The van der Waals surface area contributed by atoms with E-state index in [0.717, 1.165) is 10.6 Å². The Labute approximate surface area is 82.5 Å². The van der Waals surface area contributed by atoms with Crippen molar-refractivity contribution < 1.29 is 4.79 Å². The summed E-state index contributed by atoms with van der Waals surface area (Å²) in [6.07, 6.45) is 0. The molecular weight excluding hydrogens is 182 g/mol. The lowest BCUT2D eigenvalue weighted by Crippen LogP contribution is -1.99. The fourth-order valence-electron chi connectivity index (χ4n) is 1.12. The van der Waals surface area contributed by atoms with Crippen LogP contribution in [-0.4, -0.2) is 11.5 Å². The van der Waals surface area contributed by atoms with Crippen LogP contribution in [0.1, 0.15) is 24.2 Å². The minimum Gasteiger partial charge on any atom is -0.398 e. The van der Waals surface area contributed by atoms with Crippen molar-refractivity contribution in [1.82, 2.24) is 0 Å². The maximum Gasteiger partial charge on any atom is 0.161 e. The summed E-state index contributed by atoms with van der Waals surface area (Å²) in [5.41, 5.74) is 6.90. The van der Waals surface area contributed by atoms with Crippen molar-refractivity contribution in [3.05, 3.63) is 23.8 Å². The molecule has 0 bridgehead atoms. The number of Topliss-reactive ketones (excluding diaryl/α,β-unsaturated/α-hetero) is 1. The zero-order valence-corrected chi connectivity index (χ0v) is 8.65. The Morgan fingerprint density at radius 1 is 1.54 bits per heavy atom. The number of rotatable bonds is 3. The second-order valence-corrected chi connectivity index (χ2v) is 4.08. The second-order valence-electron chi connectivity index (χ2n) is 2.74. The number of hydrogen-bond donors (Lipinski definition) is 1. The van der Waals surface area contributed by atoms with E-state index in [1.165, 1.54) is 6.92 Å². The molecule has 13 heavy (non-hydrogen) atoms. The summed E-state index contributed by atoms with van der Waals surface area (Å²) in [5.74, 6) is 1.03. The molecule has 70 valence electrons. The molecule has 0 atom stereocenters. The van der Waals surface area contributed by atoms with E-state index >= 15 is 0 Å². The predicted octanol–water partition coefficient (Wildman–Crippen LogP) is 2.58. The SMILES string of the molecule is CCSc1ccc(C(C)=O)c(N)c1. The van der Waals surface area contributed by atoms with E-state index in [1.807, 2.05) is 12.1 Å². The highest BCUT2D eigenvalue weighted by Gasteiger charge is 2.04. The quantitative estimate of drug-likeness (QED) is 0.458. The maximum absolute atomic E-state index is 11.0. The van der Waals surface area contributed by atoms with E-state index in [1.54, 1.807) is 17.8 Å². The van der Waals surface area contributed by atoms with Crippen molar-refractivity contribution >= 4 is 23.2 Å². The normalized spacial score (nSPS) is 10.0. The van der Waals surface area contributed by atoms with Gasteiger partial charge in [0.2, 0.25) is 0 Å². The molecule has 2 N–H and O–H groups in total. The van der Waals surface area contributed by atoms with Gasteiger partial charge < -0.3 is 5.73 Å². The highest BCUT2D eigenvalue weighted by molar-refractivity contribution is 7.99. The maximum atomic E-state index is 11.0. The molecule has 0 aromatic heterocycles. The number of hydrogen-bond acceptors (Lipinski definition) is 3.